The number of benzene rings is 2. The molecule has 0 aliphatic rings. The maximum atomic E-state index is 6.22. The van der Waals surface area contributed by atoms with E-state index in [0.717, 1.165) is 10.6 Å². The van der Waals surface area contributed by atoms with Crippen molar-refractivity contribution in [3.63, 3.8) is 0 Å². The lowest BCUT2D eigenvalue weighted by Crippen LogP contribution is -2.21. The van der Waals surface area contributed by atoms with Crippen LogP contribution in [0.3, 0.4) is 0 Å². The van der Waals surface area contributed by atoms with E-state index < -0.39 is 0 Å². The molecule has 2 heteroatoms. The highest BCUT2D eigenvalue weighted by atomic mass is 35.5. The van der Waals surface area contributed by atoms with Crippen LogP contribution in [0.15, 0.2) is 30.3 Å². The first-order valence-corrected chi connectivity index (χ1v) is 7.33. The van der Waals surface area contributed by atoms with Crippen molar-refractivity contribution in [2.75, 3.05) is 7.05 Å². The molecule has 0 aromatic heterocycles. The summed E-state index contributed by atoms with van der Waals surface area (Å²) in [6, 6.07) is 10.9. The maximum absolute atomic E-state index is 6.22. The molecule has 0 heterocycles. The second kappa shape index (κ2) is 5.99. The predicted octanol–water partition coefficient (Wildman–Crippen LogP) is 4.88. The second-order valence-corrected chi connectivity index (χ2v) is 5.89. The van der Waals surface area contributed by atoms with Gasteiger partial charge in [0.05, 0.1) is 6.04 Å². The van der Waals surface area contributed by atoms with Crippen LogP contribution in [-0.4, -0.2) is 7.05 Å². The van der Waals surface area contributed by atoms with Gasteiger partial charge in [0.1, 0.15) is 0 Å². The molecule has 0 saturated heterocycles. The Labute approximate surface area is 127 Å². The number of hydrogen-bond donors (Lipinski definition) is 1. The minimum atomic E-state index is 0.201. The van der Waals surface area contributed by atoms with Gasteiger partial charge in [-0.1, -0.05) is 35.9 Å². The fourth-order valence-corrected chi connectivity index (χ4v) is 3.07. The van der Waals surface area contributed by atoms with Crippen molar-refractivity contribution in [1.29, 1.82) is 0 Å². The first-order chi connectivity index (χ1) is 9.45. The van der Waals surface area contributed by atoms with E-state index in [1.165, 1.54) is 27.8 Å². The molecule has 2 rings (SSSR count). The Balaban J connectivity index is 2.62. The Morgan fingerprint density at radius 1 is 0.900 bits per heavy atom. The SMILES string of the molecule is CNC(c1cc(C)c(Cl)cc1C)c1c(C)cccc1C. The number of aryl methyl sites for hydroxylation is 4. The summed E-state index contributed by atoms with van der Waals surface area (Å²) in [5, 5.41) is 4.30. The zero-order chi connectivity index (χ0) is 14.9. The van der Waals surface area contributed by atoms with Gasteiger partial charge in [-0.2, -0.15) is 0 Å². The molecule has 0 aliphatic carbocycles. The largest absolute Gasteiger partial charge is 0.309 e. The lowest BCUT2D eigenvalue weighted by molar-refractivity contribution is 0.678. The summed E-state index contributed by atoms with van der Waals surface area (Å²) in [7, 11) is 2.01. The number of rotatable bonds is 3. The summed E-state index contributed by atoms with van der Waals surface area (Å²) in [5.74, 6) is 0. The Bertz CT molecular complexity index is 611. The van der Waals surface area contributed by atoms with Gasteiger partial charge in [0.25, 0.3) is 0 Å². The molecule has 0 amide bonds. The van der Waals surface area contributed by atoms with Gasteiger partial charge < -0.3 is 5.32 Å². The van der Waals surface area contributed by atoms with Crippen molar-refractivity contribution in [3.8, 4) is 0 Å². The summed E-state index contributed by atoms with van der Waals surface area (Å²) < 4.78 is 0. The van der Waals surface area contributed by atoms with E-state index in [1.807, 2.05) is 7.05 Å². The van der Waals surface area contributed by atoms with Crippen LogP contribution in [0.1, 0.15) is 39.4 Å². The van der Waals surface area contributed by atoms with E-state index in [-0.39, 0.29) is 6.04 Å². The van der Waals surface area contributed by atoms with Gasteiger partial charge in [0, 0.05) is 5.02 Å². The zero-order valence-electron chi connectivity index (χ0n) is 12.8. The first kappa shape index (κ1) is 15.1. The fraction of sp³-hybridized carbons (Fsp3) is 0.333. The number of hydrogen-bond acceptors (Lipinski definition) is 1. The smallest absolute Gasteiger partial charge is 0.0582 e. The van der Waals surface area contributed by atoms with Crippen LogP contribution < -0.4 is 5.32 Å². The van der Waals surface area contributed by atoms with Crippen LogP contribution >= 0.6 is 11.6 Å². The molecule has 2 aromatic rings. The molecule has 106 valence electrons. The molecule has 1 N–H and O–H groups in total. The van der Waals surface area contributed by atoms with E-state index in [1.54, 1.807) is 0 Å². The van der Waals surface area contributed by atoms with E-state index in [9.17, 15) is 0 Å². The molecule has 1 atom stereocenters. The lowest BCUT2D eigenvalue weighted by Gasteiger charge is -2.24. The van der Waals surface area contributed by atoms with Gasteiger partial charge >= 0.3 is 0 Å². The summed E-state index contributed by atoms with van der Waals surface area (Å²) in [4.78, 5) is 0. The monoisotopic (exact) mass is 287 g/mol. The van der Waals surface area contributed by atoms with E-state index in [4.69, 9.17) is 11.6 Å². The maximum Gasteiger partial charge on any atom is 0.0582 e. The average Bonchev–Trinajstić information content (AvgIpc) is 2.39. The van der Waals surface area contributed by atoms with Crippen molar-refractivity contribution in [2.24, 2.45) is 0 Å². The Hall–Kier alpha value is -1.31. The summed E-state index contributed by atoms with van der Waals surface area (Å²) >= 11 is 6.22. The predicted molar refractivity (Wildman–Crippen MR) is 87.7 cm³/mol. The van der Waals surface area contributed by atoms with Gasteiger partial charge in [-0.25, -0.2) is 0 Å². The minimum Gasteiger partial charge on any atom is -0.309 e. The van der Waals surface area contributed by atoms with Crippen LogP contribution in [0.4, 0.5) is 0 Å². The second-order valence-electron chi connectivity index (χ2n) is 5.49. The van der Waals surface area contributed by atoms with E-state index in [0.29, 0.717) is 0 Å². The standard InChI is InChI=1S/C18H22ClN/c1-11-7-6-8-12(2)17(11)18(20-5)15-9-14(4)16(19)10-13(15)3/h6-10,18,20H,1-5H3. The summed E-state index contributed by atoms with van der Waals surface area (Å²) in [6.45, 7) is 8.52. The van der Waals surface area contributed by atoms with E-state index >= 15 is 0 Å². The molecule has 0 spiro atoms. The van der Waals surface area contributed by atoms with Crippen LogP contribution in [0.25, 0.3) is 0 Å². The van der Waals surface area contributed by atoms with Crippen LogP contribution in [0.5, 0.6) is 0 Å². The third kappa shape index (κ3) is 2.74. The molecule has 1 nitrogen and oxygen atoms in total. The number of halogens is 1. The normalized spacial score (nSPS) is 12.5. The minimum absolute atomic E-state index is 0.201. The molecule has 0 bridgehead atoms. The molecule has 0 aliphatic heterocycles. The van der Waals surface area contributed by atoms with Crippen molar-refractivity contribution in [3.05, 3.63) is 68.7 Å². The van der Waals surface area contributed by atoms with Crippen molar-refractivity contribution < 1.29 is 0 Å². The molecule has 0 radical (unpaired) electrons. The summed E-state index contributed by atoms with van der Waals surface area (Å²) in [5.41, 5.74) is 7.64. The highest BCUT2D eigenvalue weighted by Gasteiger charge is 2.19. The molecular weight excluding hydrogens is 266 g/mol. The quantitative estimate of drug-likeness (QED) is 0.848. The highest BCUT2D eigenvalue weighted by Crippen LogP contribution is 2.32. The van der Waals surface area contributed by atoms with Crippen LogP contribution in [0, 0.1) is 27.7 Å². The molecular formula is C18H22ClN. The van der Waals surface area contributed by atoms with Crippen molar-refractivity contribution in [2.45, 2.75) is 33.7 Å². The first-order valence-electron chi connectivity index (χ1n) is 6.95. The van der Waals surface area contributed by atoms with E-state index in [2.05, 4.69) is 63.3 Å². The Kier molecular flexibility index (Phi) is 4.52. The molecule has 2 aromatic carbocycles. The molecule has 0 saturated carbocycles. The van der Waals surface area contributed by atoms with Gasteiger partial charge in [0.15, 0.2) is 0 Å². The van der Waals surface area contributed by atoms with Gasteiger partial charge in [-0.15, -0.1) is 0 Å². The number of nitrogens with one attached hydrogen (secondary N) is 1. The van der Waals surface area contributed by atoms with Crippen molar-refractivity contribution >= 4 is 11.6 Å². The van der Waals surface area contributed by atoms with Crippen LogP contribution in [-0.2, 0) is 0 Å². The zero-order valence-corrected chi connectivity index (χ0v) is 13.6. The lowest BCUT2D eigenvalue weighted by atomic mass is 9.88. The van der Waals surface area contributed by atoms with Crippen molar-refractivity contribution in [1.82, 2.24) is 5.32 Å². The Morgan fingerprint density at radius 3 is 2.05 bits per heavy atom. The topological polar surface area (TPSA) is 12.0 Å². The third-order valence-corrected chi connectivity index (χ3v) is 4.38. The van der Waals surface area contributed by atoms with Gasteiger partial charge in [-0.05, 0) is 74.2 Å². The summed E-state index contributed by atoms with van der Waals surface area (Å²) in [6.07, 6.45) is 0. The average molecular weight is 288 g/mol. The van der Waals surface area contributed by atoms with Crippen LogP contribution in [0.2, 0.25) is 5.02 Å². The highest BCUT2D eigenvalue weighted by molar-refractivity contribution is 6.31. The fourth-order valence-electron chi connectivity index (χ4n) is 2.85. The van der Waals surface area contributed by atoms with Gasteiger partial charge in [-0.3, -0.25) is 0 Å². The molecule has 20 heavy (non-hydrogen) atoms. The van der Waals surface area contributed by atoms with Gasteiger partial charge in [0.2, 0.25) is 0 Å². The molecule has 0 fully saturated rings. The molecule has 1 unspecified atom stereocenters. The third-order valence-electron chi connectivity index (χ3n) is 3.98. The Morgan fingerprint density at radius 2 is 1.50 bits per heavy atom.